The van der Waals surface area contributed by atoms with Gasteiger partial charge >= 0.3 is 5.97 Å². The van der Waals surface area contributed by atoms with Crippen LogP contribution in [-0.4, -0.2) is 13.1 Å². The molecule has 0 amide bonds. The van der Waals surface area contributed by atoms with Crippen LogP contribution in [0.2, 0.25) is 0 Å². The molecule has 1 aromatic heterocycles. The Labute approximate surface area is 170 Å². The third-order valence-electron chi connectivity index (χ3n) is 4.93. The highest BCUT2D eigenvalue weighted by molar-refractivity contribution is 5.86. The summed E-state index contributed by atoms with van der Waals surface area (Å²) in [6.07, 6.45) is 3.82. The molecule has 5 nitrogen and oxygen atoms in total. The molecular formula is C24H26O5. The van der Waals surface area contributed by atoms with Crippen LogP contribution in [0.1, 0.15) is 44.4 Å². The quantitative estimate of drug-likeness (QED) is 0.303. The van der Waals surface area contributed by atoms with E-state index in [1.165, 1.54) is 6.92 Å². The lowest BCUT2D eigenvalue weighted by atomic mass is 9.99. The summed E-state index contributed by atoms with van der Waals surface area (Å²) in [7, 11) is 1.58. The van der Waals surface area contributed by atoms with Gasteiger partial charge in [-0.2, -0.15) is 0 Å². The summed E-state index contributed by atoms with van der Waals surface area (Å²) in [5.74, 6) is 1.15. The zero-order chi connectivity index (χ0) is 21.0. The van der Waals surface area contributed by atoms with Crippen molar-refractivity contribution in [2.75, 3.05) is 7.11 Å². The second kappa shape index (κ2) is 8.95. The molecule has 1 heterocycles. The average Bonchev–Trinajstić information content (AvgIpc) is 2.69. The molecule has 3 rings (SSSR count). The van der Waals surface area contributed by atoms with Crippen molar-refractivity contribution in [1.82, 2.24) is 0 Å². The number of esters is 1. The largest absolute Gasteiger partial charge is 0.496 e. The summed E-state index contributed by atoms with van der Waals surface area (Å²) in [5, 5.41) is 0.471. The van der Waals surface area contributed by atoms with Crippen LogP contribution in [-0.2, 0) is 11.2 Å². The maximum absolute atomic E-state index is 13.4. The van der Waals surface area contributed by atoms with Gasteiger partial charge in [-0.3, -0.25) is 9.59 Å². The molecule has 5 heteroatoms. The van der Waals surface area contributed by atoms with Gasteiger partial charge in [0.15, 0.2) is 0 Å². The van der Waals surface area contributed by atoms with Gasteiger partial charge < -0.3 is 13.9 Å². The van der Waals surface area contributed by atoms with Crippen molar-refractivity contribution in [3.8, 4) is 22.6 Å². The molecular weight excluding hydrogens is 368 g/mol. The smallest absolute Gasteiger partial charge is 0.308 e. The van der Waals surface area contributed by atoms with Crippen molar-refractivity contribution in [3.05, 3.63) is 57.9 Å². The Morgan fingerprint density at radius 1 is 1.10 bits per heavy atom. The minimum absolute atomic E-state index is 0.126. The van der Waals surface area contributed by atoms with Crippen LogP contribution < -0.4 is 14.9 Å². The van der Waals surface area contributed by atoms with E-state index >= 15 is 0 Å². The fraction of sp³-hybridized carbons (Fsp3) is 0.333. The highest BCUT2D eigenvalue weighted by Crippen LogP contribution is 2.33. The first-order valence-electron chi connectivity index (χ1n) is 9.88. The predicted molar refractivity (Wildman–Crippen MR) is 114 cm³/mol. The van der Waals surface area contributed by atoms with Crippen molar-refractivity contribution >= 4 is 16.9 Å². The van der Waals surface area contributed by atoms with Gasteiger partial charge in [0.2, 0.25) is 5.43 Å². The summed E-state index contributed by atoms with van der Waals surface area (Å²) >= 11 is 0. The minimum Gasteiger partial charge on any atom is -0.496 e. The van der Waals surface area contributed by atoms with E-state index in [4.69, 9.17) is 13.9 Å². The number of methoxy groups -OCH3 is 1. The minimum atomic E-state index is -0.397. The second-order valence-corrected chi connectivity index (χ2v) is 7.07. The topological polar surface area (TPSA) is 65.7 Å². The Morgan fingerprint density at radius 2 is 1.86 bits per heavy atom. The lowest BCUT2D eigenvalue weighted by Gasteiger charge is -2.13. The average molecular weight is 394 g/mol. The fourth-order valence-corrected chi connectivity index (χ4v) is 3.55. The van der Waals surface area contributed by atoms with Crippen molar-refractivity contribution < 1.29 is 18.7 Å². The number of unbranched alkanes of at least 4 members (excludes halogenated alkanes) is 2. The van der Waals surface area contributed by atoms with Crippen LogP contribution in [0.4, 0.5) is 0 Å². The van der Waals surface area contributed by atoms with Gasteiger partial charge in [0.1, 0.15) is 22.8 Å². The van der Waals surface area contributed by atoms with Gasteiger partial charge in [-0.25, -0.2) is 0 Å². The highest BCUT2D eigenvalue weighted by Gasteiger charge is 2.19. The molecule has 0 fully saturated rings. The number of para-hydroxylation sites is 1. The van der Waals surface area contributed by atoms with E-state index < -0.39 is 5.97 Å². The monoisotopic (exact) mass is 394 g/mol. The van der Waals surface area contributed by atoms with Crippen molar-refractivity contribution in [3.63, 3.8) is 0 Å². The summed E-state index contributed by atoms with van der Waals surface area (Å²) in [4.78, 5) is 25.0. The Kier molecular flexibility index (Phi) is 6.37. The normalized spacial score (nSPS) is 10.9. The summed E-state index contributed by atoms with van der Waals surface area (Å²) < 4.78 is 16.8. The van der Waals surface area contributed by atoms with E-state index in [2.05, 4.69) is 6.92 Å². The van der Waals surface area contributed by atoms with Crippen LogP contribution in [0.15, 0.2) is 45.6 Å². The van der Waals surface area contributed by atoms with E-state index in [1.807, 2.05) is 24.3 Å². The van der Waals surface area contributed by atoms with Gasteiger partial charge in [-0.15, -0.1) is 0 Å². The van der Waals surface area contributed by atoms with E-state index in [1.54, 1.807) is 26.2 Å². The molecule has 2 aromatic carbocycles. The number of hydrogen-bond donors (Lipinski definition) is 0. The van der Waals surface area contributed by atoms with Gasteiger partial charge in [0, 0.05) is 18.6 Å². The standard InChI is InChI=1S/C24H26O5/c1-5-6-7-10-17-13-19-22(14-21(17)29-16(3)25)28-15(2)23(24(19)26)18-11-8-9-12-20(18)27-4/h8-9,11-14H,5-7,10H2,1-4H3. The Balaban J connectivity index is 2.22. The molecule has 0 radical (unpaired) electrons. The summed E-state index contributed by atoms with van der Waals surface area (Å²) in [6.45, 7) is 5.25. The molecule has 0 aliphatic carbocycles. The van der Waals surface area contributed by atoms with Crippen molar-refractivity contribution in [2.45, 2.75) is 46.5 Å². The van der Waals surface area contributed by atoms with Gasteiger partial charge in [-0.05, 0) is 37.5 Å². The molecule has 0 aliphatic heterocycles. The van der Waals surface area contributed by atoms with Crippen molar-refractivity contribution in [2.24, 2.45) is 0 Å². The summed E-state index contributed by atoms with van der Waals surface area (Å²) in [5.41, 5.74) is 2.29. The van der Waals surface area contributed by atoms with Gasteiger partial charge in [0.25, 0.3) is 0 Å². The number of benzene rings is 2. The molecule has 29 heavy (non-hydrogen) atoms. The van der Waals surface area contributed by atoms with Crippen molar-refractivity contribution in [1.29, 1.82) is 0 Å². The first-order valence-corrected chi connectivity index (χ1v) is 9.88. The van der Waals surface area contributed by atoms with Gasteiger partial charge in [0.05, 0.1) is 18.1 Å². The molecule has 0 N–H and O–H groups in total. The van der Waals surface area contributed by atoms with Crippen LogP contribution in [0.5, 0.6) is 11.5 Å². The van der Waals surface area contributed by atoms with Gasteiger partial charge in [-0.1, -0.05) is 38.0 Å². The maximum Gasteiger partial charge on any atom is 0.308 e. The number of rotatable bonds is 7. The van der Waals surface area contributed by atoms with E-state index in [0.29, 0.717) is 39.4 Å². The SMILES string of the molecule is CCCCCc1cc2c(=O)c(-c3ccccc3OC)c(C)oc2cc1OC(C)=O. The zero-order valence-electron chi connectivity index (χ0n) is 17.3. The molecule has 0 unspecified atom stereocenters. The lowest BCUT2D eigenvalue weighted by Crippen LogP contribution is -2.10. The number of carbonyl (C=O) groups excluding carboxylic acids is 1. The molecule has 0 spiro atoms. The molecule has 152 valence electrons. The second-order valence-electron chi connectivity index (χ2n) is 7.07. The number of carbonyl (C=O) groups is 1. The van der Waals surface area contributed by atoms with E-state index in [0.717, 1.165) is 31.2 Å². The lowest BCUT2D eigenvalue weighted by molar-refractivity contribution is -0.131. The van der Waals surface area contributed by atoms with Crippen LogP contribution >= 0.6 is 0 Å². The maximum atomic E-state index is 13.4. The Hall–Kier alpha value is -3.08. The molecule has 0 bridgehead atoms. The first-order chi connectivity index (χ1) is 14.0. The Morgan fingerprint density at radius 3 is 2.55 bits per heavy atom. The third-order valence-corrected chi connectivity index (χ3v) is 4.93. The summed E-state index contributed by atoms with van der Waals surface area (Å²) in [6, 6.07) is 10.8. The molecule has 0 saturated heterocycles. The highest BCUT2D eigenvalue weighted by atomic mass is 16.5. The Bertz CT molecular complexity index is 1090. The predicted octanol–water partition coefficient (Wildman–Crippen LogP) is 5.44. The molecule has 0 saturated carbocycles. The number of hydrogen-bond acceptors (Lipinski definition) is 5. The zero-order valence-corrected chi connectivity index (χ0v) is 17.3. The number of fused-ring (bicyclic) bond motifs is 1. The molecule has 0 aliphatic rings. The van der Waals surface area contributed by atoms with Crippen LogP contribution in [0.25, 0.3) is 22.1 Å². The number of aryl methyl sites for hydroxylation is 2. The first kappa shape index (κ1) is 20.6. The molecule has 0 atom stereocenters. The molecule has 3 aromatic rings. The van der Waals surface area contributed by atoms with E-state index in [-0.39, 0.29) is 5.43 Å². The third kappa shape index (κ3) is 4.34. The van der Waals surface area contributed by atoms with Crippen LogP contribution in [0.3, 0.4) is 0 Å². The fourth-order valence-electron chi connectivity index (χ4n) is 3.55. The van der Waals surface area contributed by atoms with E-state index in [9.17, 15) is 9.59 Å². The number of ether oxygens (including phenoxy) is 2. The van der Waals surface area contributed by atoms with Crippen LogP contribution in [0, 0.1) is 6.92 Å².